The van der Waals surface area contributed by atoms with E-state index in [2.05, 4.69) is 25.7 Å². The molecule has 0 bridgehead atoms. The summed E-state index contributed by atoms with van der Waals surface area (Å²) in [4.78, 5) is 32.9. The van der Waals surface area contributed by atoms with E-state index in [0.29, 0.717) is 18.1 Å². The minimum absolute atomic E-state index is 0.208. The highest BCUT2D eigenvalue weighted by atomic mass is 16.2. The SMILES string of the molecule is CCC(C(=O)Nc1ccccn1)n1ccc(C(=O)Nc2ccccn2)n1. The number of carbonyl (C=O) groups excluding carboxylic acids is 2. The quantitative estimate of drug-likeness (QED) is 0.711. The van der Waals surface area contributed by atoms with Gasteiger partial charge in [-0.15, -0.1) is 0 Å². The van der Waals surface area contributed by atoms with Crippen LogP contribution >= 0.6 is 0 Å². The number of pyridine rings is 2. The predicted octanol–water partition coefficient (Wildman–Crippen LogP) is 2.52. The number of carbonyl (C=O) groups is 2. The van der Waals surface area contributed by atoms with Gasteiger partial charge >= 0.3 is 0 Å². The Labute approximate surface area is 150 Å². The van der Waals surface area contributed by atoms with Gasteiger partial charge in [0.2, 0.25) is 5.91 Å². The average Bonchev–Trinajstić information content (AvgIpc) is 3.14. The van der Waals surface area contributed by atoms with Crippen molar-refractivity contribution in [1.29, 1.82) is 0 Å². The number of hydrogen-bond donors (Lipinski definition) is 2. The second-order valence-corrected chi connectivity index (χ2v) is 5.48. The molecule has 3 aromatic rings. The maximum atomic E-state index is 12.5. The fourth-order valence-electron chi connectivity index (χ4n) is 2.39. The average molecular weight is 350 g/mol. The van der Waals surface area contributed by atoms with E-state index in [1.807, 2.05) is 6.92 Å². The summed E-state index contributed by atoms with van der Waals surface area (Å²) >= 11 is 0. The number of nitrogens with one attached hydrogen (secondary N) is 2. The van der Waals surface area contributed by atoms with Crippen LogP contribution in [0.4, 0.5) is 11.6 Å². The van der Waals surface area contributed by atoms with Crippen LogP contribution in [0.15, 0.2) is 61.1 Å². The Morgan fingerprint density at radius 2 is 1.65 bits per heavy atom. The zero-order valence-corrected chi connectivity index (χ0v) is 14.2. The van der Waals surface area contributed by atoms with Crippen LogP contribution in [0, 0.1) is 0 Å². The molecule has 0 spiro atoms. The Morgan fingerprint density at radius 3 is 2.23 bits per heavy atom. The fourth-order valence-corrected chi connectivity index (χ4v) is 2.39. The Hall–Kier alpha value is -3.55. The van der Waals surface area contributed by atoms with Gasteiger partial charge in [-0.25, -0.2) is 9.97 Å². The monoisotopic (exact) mass is 350 g/mol. The Morgan fingerprint density at radius 1 is 1.00 bits per heavy atom. The maximum Gasteiger partial charge on any atom is 0.277 e. The lowest BCUT2D eigenvalue weighted by molar-refractivity contribution is -0.119. The van der Waals surface area contributed by atoms with Crippen LogP contribution in [0.3, 0.4) is 0 Å². The minimum Gasteiger partial charge on any atom is -0.309 e. The Kier molecular flexibility index (Phi) is 5.33. The van der Waals surface area contributed by atoms with Crippen LogP contribution in [0.2, 0.25) is 0 Å². The first-order chi connectivity index (χ1) is 12.7. The molecule has 0 aliphatic heterocycles. The number of amides is 2. The van der Waals surface area contributed by atoms with E-state index in [-0.39, 0.29) is 17.5 Å². The Balaban J connectivity index is 1.70. The van der Waals surface area contributed by atoms with E-state index in [0.717, 1.165) is 0 Å². The third kappa shape index (κ3) is 4.10. The van der Waals surface area contributed by atoms with Crippen LogP contribution in [0.25, 0.3) is 0 Å². The van der Waals surface area contributed by atoms with Gasteiger partial charge in [0.05, 0.1) is 0 Å². The summed E-state index contributed by atoms with van der Waals surface area (Å²) in [6, 6.07) is 11.5. The van der Waals surface area contributed by atoms with Crippen LogP contribution in [-0.4, -0.2) is 31.6 Å². The molecule has 1 atom stereocenters. The lowest BCUT2D eigenvalue weighted by Gasteiger charge is -2.15. The normalized spacial score (nSPS) is 11.6. The van der Waals surface area contributed by atoms with E-state index in [1.54, 1.807) is 61.1 Å². The molecular weight excluding hydrogens is 332 g/mol. The fraction of sp³-hybridized carbons (Fsp3) is 0.167. The predicted molar refractivity (Wildman–Crippen MR) is 96.6 cm³/mol. The van der Waals surface area contributed by atoms with Crippen molar-refractivity contribution >= 4 is 23.5 Å². The summed E-state index contributed by atoms with van der Waals surface area (Å²) in [7, 11) is 0. The van der Waals surface area contributed by atoms with E-state index in [4.69, 9.17) is 0 Å². The van der Waals surface area contributed by atoms with E-state index >= 15 is 0 Å². The number of rotatable bonds is 6. The third-order valence-corrected chi connectivity index (χ3v) is 3.67. The molecule has 132 valence electrons. The molecule has 3 heterocycles. The van der Waals surface area contributed by atoms with Crippen molar-refractivity contribution in [2.24, 2.45) is 0 Å². The highest BCUT2D eigenvalue weighted by molar-refractivity contribution is 6.02. The number of anilines is 2. The summed E-state index contributed by atoms with van der Waals surface area (Å²) in [5.74, 6) is 0.275. The summed E-state index contributed by atoms with van der Waals surface area (Å²) in [6.07, 6.45) is 5.31. The van der Waals surface area contributed by atoms with Gasteiger partial charge in [0.1, 0.15) is 17.7 Å². The van der Waals surface area contributed by atoms with E-state index in [1.165, 1.54) is 4.68 Å². The number of hydrogen-bond acceptors (Lipinski definition) is 5. The molecule has 8 nitrogen and oxygen atoms in total. The molecule has 0 radical (unpaired) electrons. The summed E-state index contributed by atoms with van der Waals surface area (Å²) in [6.45, 7) is 1.87. The third-order valence-electron chi connectivity index (χ3n) is 3.67. The van der Waals surface area contributed by atoms with Crippen molar-refractivity contribution in [3.8, 4) is 0 Å². The first-order valence-electron chi connectivity index (χ1n) is 8.17. The van der Waals surface area contributed by atoms with Crippen LogP contribution < -0.4 is 10.6 Å². The van der Waals surface area contributed by atoms with Crippen molar-refractivity contribution in [2.75, 3.05) is 10.6 Å². The molecule has 0 aromatic carbocycles. The van der Waals surface area contributed by atoms with Gasteiger partial charge in [-0.05, 0) is 36.8 Å². The van der Waals surface area contributed by atoms with Crippen LogP contribution in [0.1, 0.15) is 29.9 Å². The maximum absolute atomic E-state index is 12.5. The topological polar surface area (TPSA) is 102 Å². The standard InChI is InChI=1S/C18H18N6O2/c1-2-14(18(26)22-16-8-4-6-11-20-16)24-12-9-13(23-24)17(25)21-15-7-3-5-10-19-15/h3-12,14H,2H2,1H3,(H,19,21,25)(H,20,22,26). The molecule has 1 unspecified atom stereocenters. The molecule has 3 aromatic heterocycles. The summed E-state index contributed by atoms with van der Waals surface area (Å²) in [5, 5.41) is 9.65. The second kappa shape index (κ2) is 8.02. The zero-order valence-electron chi connectivity index (χ0n) is 14.2. The molecule has 0 saturated heterocycles. The van der Waals surface area contributed by atoms with Crippen molar-refractivity contribution in [3.05, 3.63) is 66.7 Å². The van der Waals surface area contributed by atoms with Crippen LogP contribution in [-0.2, 0) is 4.79 Å². The smallest absolute Gasteiger partial charge is 0.277 e. The van der Waals surface area contributed by atoms with Crippen molar-refractivity contribution < 1.29 is 9.59 Å². The van der Waals surface area contributed by atoms with Crippen LogP contribution in [0.5, 0.6) is 0 Å². The Bertz CT molecular complexity index is 879. The van der Waals surface area contributed by atoms with E-state index in [9.17, 15) is 9.59 Å². The molecule has 8 heteroatoms. The highest BCUT2D eigenvalue weighted by Crippen LogP contribution is 2.14. The van der Waals surface area contributed by atoms with Gasteiger partial charge in [-0.1, -0.05) is 19.1 Å². The van der Waals surface area contributed by atoms with Gasteiger partial charge in [-0.2, -0.15) is 5.10 Å². The lowest BCUT2D eigenvalue weighted by Crippen LogP contribution is -2.26. The second-order valence-electron chi connectivity index (χ2n) is 5.48. The molecule has 26 heavy (non-hydrogen) atoms. The molecule has 0 saturated carbocycles. The van der Waals surface area contributed by atoms with Crippen molar-refractivity contribution in [1.82, 2.24) is 19.7 Å². The molecule has 2 N–H and O–H groups in total. The van der Waals surface area contributed by atoms with Crippen molar-refractivity contribution in [3.63, 3.8) is 0 Å². The van der Waals surface area contributed by atoms with Gasteiger partial charge in [0, 0.05) is 18.6 Å². The van der Waals surface area contributed by atoms with Crippen molar-refractivity contribution in [2.45, 2.75) is 19.4 Å². The molecule has 0 aliphatic rings. The number of aromatic nitrogens is 4. The summed E-state index contributed by atoms with van der Waals surface area (Å²) in [5.41, 5.74) is 0.208. The molecule has 3 rings (SSSR count). The first kappa shape index (κ1) is 17.3. The van der Waals surface area contributed by atoms with E-state index < -0.39 is 6.04 Å². The molecule has 2 amide bonds. The molecule has 0 aliphatic carbocycles. The van der Waals surface area contributed by atoms with Gasteiger partial charge < -0.3 is 10.6 Å². The molecule has 0 fully saturated rings. The first-order valence-corrected chi connectivity index (χ1v) is 8.17. The zero-order chi connectivity index (χ0) is 18.4. The largest absolute Gasteiger partial charge is 0.309 e. The van der Waals surface area contributed by atoms with Gasteiger partial charge in [0.25, 0.3) is 5.91 Å². The molecular formula is C18H18N6O2. The highest BCUT2D eigenvalue weighted by Gasteiger charge is 2.21. The van der Waals surface area contributed by atoms with Gasteiger partial charge in [0.15, 0.2) is 5.69 Å². The minimum atomic E-state index is -0.548. The van der Waals surface area contributed by atoms with Gasteiger partial charge in [-0.3, -0.25) is 14.3 Å². The lowest BCUT2D eigenvalue weighted by atomic mass is 10.2. The summed E-state index contributed by atoms with van der Waals surface area (Å²) < 4.78 is 1.48. The number of nitrogens with zero attached hydrogens (tertiary/aromatic N) is 4.